The van der Waals surface area contributed by atoms with Crippen LogP contribution in [-0.4, -0.2) is 0 Å². The van der Waals surface area contributed by atoms with Crippen LogP contribution in [0.15, 0.2) is 97.6 Å². The number of hydrogen-bond donors (Lipinski definition) is 0. The van der Waals surface area contributed by atoms with E-state index in [9.17, 15) is 0 Å². The third-order valence-electron chi connectivity index (χ3n) is 4.52. The average Bonchev–Trinajstić information content (AvgIpc) is 2.79. The highest BCUT2D eigenvalue weighted by atomic mass is 14.9. The van der Waals surface area contributed by atoms with Gasteiger partial charge in [-0.3, -0.25) is 0 Å². The van der Waals surface area contributed by atoms with E-state index in [4.69, 9.17) is 11.8 Å². The van der Waals surface area contributed by atoms with Crippen LogP contribution in [0.3, 0.4) is 0 Å². The van der Waals surface area contributed by atoms with Crippen LogP contribution >= 0.6 is 0 Å². The summed E-state index contributed by atoms with van der Waals surface area (Å²) in [6.45, 7) is 7.15. The van der Waals surface area contributed by atoms with E-state index in [-0.39, 0.29) is 7.43 Å². The maximum Gasteiger partial charge on any atom is 0.211 e. The summed E-state index contributed by atoms with van der Waals surface area (Å²) in [6.07, 6.45) is 7.98. The Morgan fingerprint density at radius 1 is 0.724 bits per heavy atom. The Balaban J connectivity index is 0.00000240. The molecule has 4 aromatic rings. The van der Waals surface area contributed by atoms with Gasteiger partial charge in [-0.15, -0.1) is 0 Å². The van der Waals surface area contributed by atoms with Gasteiger partial charge in [-0.05, 0) is 17.2 Å². The quantitative estimate of drug-likeness (QED) is 0.367. The molecule has 4 nitrogen and oxygen atoms in total. The number of rotatable bonds is 3. The SMILES string of the molecule is C.[C-]#[N+]c1cccc(-[n+]2ccc(-c3cc[n+](-c4cccc(C#N)c4)cc3)cc2)c1. The lowest BCUT2D eigenvalue weighted by molar-refractivity contribution is -0.596. The van der Waals surface area contributed by atoms with Gasteiger partial charge in [0.1, 0.15) is 0 Å². The van der Waals surface area contributed by atoms with Gasteiger partial charge in [0, 0.05) is 48.5 Å². The molecule has 2 aromatic heterocycles. The highest BCUT2D eigenvalue weighted by Crippen LogP contribution is 2.18. The van der Waals surface area contributed by atoms with Gasteiger partial charge >= 0.3 is 0 Å². The molecule has 2 heterocycles. The van der Waals surface area contributed by atoms with E-state index < -0.39 is 0 Å². The van der Waals surface area contributed by atoms with Gasteiger partial charge in [-0.1, -0.05) is 25.6 Å². The normalized spacial score (nSPS) is 9.72. The Morgan fingerprint density at radius 2 is 1.24 bits per heavy atom. The molecule has 0 bridgehead atoms. The Labute approximate surface area is 171 Å². The lowest BCUT2D eigenvalue weighted by Gasteiger charge is -2.02. The molecule has 0 saturated heterocycles. The molecule has 0 aliphatic rings. The van der Waals surface area contributed by atoms with Gasteiger partial charge in [-0.25, -0.2) is 4.85 Å². The summed E-state index contributed by atoms with van der Waals surface area (Å²) in [6, 6.07) is 25.4. The van der Waals surface area contributed by atoms with Crippen LogP contribution in [0, 0.1) is 17.9 Å². The number of nitriles is 1. The van der Waals surface area contributed by atoms with Crippen molar-refractivity contribution in [1.29, 1.82) is 5.26 Å². The fourth-order valence-electron chi connectivity index (χ4n) is 3.04. The van der Waals surface area contributed by atoms with Gasteiger partial charge in [0.2, 0.25) is 5.69 Å². The van der Waals surface area contributed by atoms with E-state index in [1.807, 2.05) is 70.3 Å². The summed E-state index contributed by atoms with van der Waals surface area (Å²) >= 11 is 0. The number of hydrogen-bond acceptors (Lipinski definition) is 1. The fraction of sp³-hybridized carbons (Fsp3) is 0.0400. The fourth-order valence-corrected chi connectivity index (χ4v) is 3.04. The number of benzene rings is 2. The molecular formula is C25H20N4+2. The second kappa shape index (κ2) is 8.61. The minimum atomic E-state index is 0. The van der Waals surface area contributed by atoms with Gasteiger partial charge in [-0.2, -0.15) is 14.4 Å². The first-order chi connectivity index (χ1) is 13.8. The first-order valence-corrected chi connectivity index (χ1v) is 8.78. The zero-order chi connectivity index (χ0) is 19.3. The van der Waals surface area contributed by atoms with Crippen molar-refractivity contribution in [2.75, 3.05) is 0 Å². The average molecular weight is 376 g/mol. The van der Waals surface area contributed by atoms with Crippen LogP contribution in [-0.2, 0) is 0 Å². The van der Waals surface area contributed by atoms with Crippen molar-refractivity contribution >= 4 is 5.69 Å². The van der Waals surface area contributed by atoms with Crippen molar-refractivity contribution in [2.45, 2.75) is 7.43 Å². The second-order valence-corrected chi connectivity index (χ2v) is 6.28. The number of pyridine rings is 2. The van der Waals surface area contributed by atoms with Crippen molar-refractivity contribution in [3.8, 4) is 28.6 Å². The third kappa shape index (κ3) is 4.18. The molecule has 0 fully saturated rings. The lowest BCUT2D eigenvalue weighted by atomic mass is 10.1. The molecule has 0 N–H and O–H groups in total. The van der Waals surface area contributed by atoms with Crippen molar-refractivity contribution in [3.63, 3.8) is 0 Å². The van der Waals surface area contributed by atoms with E-state index in [2.05, 4.69) is 35.2 Å². The lowest BCUT2D eigenvalue weighted by Crippen LogP contribution is -2.29. The van der Waals surface area contributed by atoms with Crippen molar-refractivity contribution < 1.29 is 9.13 Å². The summed E-state index contributed by atoms with van der Waals surface area (Å²) in [5.74, 6) is 0. The monoisotopic (exact) mass is 376 g/mol. The Bertz CT molecular complexity index is 1110. The zero-order valence-corrected chi connectivity index (χ0v) is 15.0. The smallest absolute Gasteiger partial charge is 0.211 e. The van der Waals surface area contributed by atoms with Gasteiger partial charge in [0.25, 0.3) is 0 Å². The van der Waals surface area contributed by atoms with Crippen LogP contribution in [0.2, 0.25) is 0 Å². The molecule has 0 unspecified atom stereocenters. The molecular weight excluding hydrogens is 356 g/mol. The van der Waals surface area contributed by atoms with Crippen LogP contribution in [0.1, 0.15) is 13.0 Å². The predicted octanol–water partition coefficient (Wildman–Crippen LogP) is 4.97. The van der Waals surface area contributed by atoms with Gasteiger partial charge in [0.05, 0.1) is 18.2 Å². The molecule has 0 atom stereocenters. The molecule has 29 heavy (non-hydrogen) atoms. The highest BCUT2D eigenvalue weighted by molar-refractivity contribution is 5.61. The van der Waals surface area contributed by atoms with E-state index in [1.54, 1.807) is 12.1 Å². The Kier molecular flexibility index (Phi) is 5.78. The predicted molar refractivity (Wildman–Crippen MR) is 113 cm³/mol. The summed E-state index contributed by atoms with van der Waals surface area (Å²) in [5, 5.41) is 9.06. The summed E-state index contributed by atoms with van der Waals surface area (Å²) in [5.41, 5.74) is 5.40. The summed E-state index contributed by atoms with van der Waals surface area (Å²) < 4.78 is 3.98. The maximum atomic E-state index is 9.06. The van der Waals surface area contributed by atoms with Crippen molar-refractivity contribution in [1.82, 2.24) is 0 Å². The molecule has 2 aromatic carbocycles. The van der Waals surface area contributed by atoms with E-state index in [0.717, 1.165) is 22.5 Å². The molecule has 0 aliphatic heterocycles. The second-order valence-electron chi connectivity index (χ2n) is 6.28. The van der Waals surface area contributed by atoms with E-state index in [1.165, 1.54) is 0 Å². The molecule has 0 saturated carbocycles. The highest BCUT2D eigenvalue weighted by Gasteiger charge is 2.10. The number of aromatic nitrogens is 2. The first-order valence-electron chi connectivity index (χ1n) is 8.78. The van der Waals surface area contributed by atoms with Crippen LogP contribution < -0.4 is 9.13 Å². The Hall–Kier alpha value is -4.28. The molecule has 4 heteroatoms. The minimum absolute atomic E-state index is 0. The minimum Gasteiger partial charge on any atom is -0.238 e. The molecule has 4 rings (SSSR count). The zero-order valence-electron chi connectivity index (χ0n) is 15.0. The summed E-state index contributed by atoms with van der Waals surface area (Å²) in [7, 11) is 0. The molecule has 0 amide bonds. The largest absolute Gasteiger partial charge is 0.238 e. The standard InChI is InChI=1S/C24H16N4.CH4/c1-26-22-5-3-7-24(17-22)28-14-10-21(11-15-28)20-8-12-27(13-9-20)23-6-2-4-19(16-23)18-25;/h2-17H;1H4/q+2;. The molecule has 0 spiro atoms. The van der Waals surface area contributed by atoms with Crippen molar-refractivity contribution in [2.24, 2.45) is 0 Å². The van der Waals surface area contributed by atoms with Gasteiger partial charge < -0.3 is 0 Å². The van der Waals surface area contributed by atoms with Gasteiger partial charge in [0.15, 0.2) is 36.2 Å². The first kappa shape index (κ1) is 19.5. The topological polar surface area (TPSA) is 35.9 Å². The number of nitrogens with zero attached hydrogens (tertiary/aromatic N) is 4. The van der Waals surface area contributed by atoms with Crippen LogP contribution in [0.4, 0.5) is 5.69 Å². The van der Waals surface area contributed by atoms with E-state index >= 15 is 0 Å². The van der Waals surface area contributed by atoms with Crippen LogP contribution in [0.5, 0.6) is 0 Å². The molecule has 0 radical (unpaired) electrons. The maximum absolute atomic E-state index is 9.06. The molecule has 0 aliphatic carbocycles. The van der Waals surface area contributed by atoms with Crippen LogP contribution in [0.25, 0.3) is 27.3 Å². The Morgan fingerprint density at radius 3 is 1.76 bits per heavy atom. The molecule has 138 valence electrons. The van der Waals surface area contributed by atoms with E-state index in [0.29, 0.717) is 11.3 Å². The van der Waals surface area contributed by atoms with Crippen molar-refractivity contribution in [3.05, 3.63) is 115 Å². The third-order valence-corrected chi connectivity index (χ3v) is 4.52. The summed E-state index contributed by atoms with van der Waals surface area (Å²) in [4.78, 5) is 3.48.